The van der Waals surface area contributed by atoms with Crippen LogP contribution in [0, 0.1) is 19.7 Å². The monoisotopic (exact) mass is 357 g/mol. The van der Waals surface area contributed by atoms with Crippen molar-refractivity contribution in [1.82, 2.24) is 0 Å². The molecule has 2 aromatic carbocycles. The summed E-state index contributed by atoms with van der Waals surface area (Å²) in [5.74, 6) is 1.27. The summed E-state index contributed by atoms with van der Waals surface area (Å²) in [4.78, 5) is 4.90. The molecule has 0 aromatic heterocycles. The van der Waals surface area contributed by atoms with Crippen molar-refractivity contribution in [2.24, 2.45) is 5.16 Å². The number of halogens is 1. The fraction of sp³-hybridized carbons (Fsp3) is 0.286. The lowest BCUT2D eigenvalue weighted by atomic mass is 10.1. The summed E-state index contributed by atoms with van der Waals surface area (Å²) in [6.45, 7) is 6.63. The Morgan fingerprint density at radius 1 is 1.08 bits per heavy atom. The maximum Gasteiger partial charge on any atom is 0.134 e. The molecule has 4 nitrogen and oxygen atoms in total. The topological polar surface area (TPSA) is 40.0 Å². The molecular formula is C21H24FNO3. The minimum Gasteiger partial charge on any atom is -0.490 e. The molecule has 0 amide bonds. The molecule has 5 heteroatoms. The molecule has 0 aliphatic carbocycles. The Kier molecular flexibility index (Phi) is 7.21. The first-order valence-electron chi connectivity index (χ1n) is 8.39. The molecule has 0 aliphatic heterocycles. The van der Waals surface area contributed by atoms with Gasteiger partial charge in [-0.15, -0.1) is 0 Å². The minimum atomic E-state index is -0.299. The first-order chi connectivity index (χ1) is 12.5. The molecule has 2 rings (SSSR count). The van der Waals surface area contributed by atoms with Gasteiger partial charge in [0.25, 0.3) is 0 Å². The van der Waals surface area contributed by atoms with E-state index in [2.05, 4.69) is 5.16 Å². The van der Waals surface area contributed by atoms with Crippen LogP contribution in [0.2, 0.25) is 0 Å². The summed E-state index contributed by atoms with van der Waals surface area (Å²) in [6, 6.07) is 9.94. The van der Waals surface area contributed by atoms with E-state index in [1.807, 2.05) is 45.1 Å². The average Bonchev–Trinajstić information content (AvgIpc) is 2.61. The molecule has 2 aromatic rings. The predicted molar refractivity (Wildman–Crippen MR) is 102 cm³/mol. The Bertz CT molecular complexity index is 759. The van der Waals surface area contributed by atoms with Crippen molar-refractivity contribution in [1.29, 1.82) is 0 Å². The van der Waals surface area contributed by atoms with Crippen molar-refractivity contribution < 1.29 is 18.7 Å². The van der Waals surface area contributed by atoms with Crippen molar-refractivity contribution in [2.45, 2.75) is 20.8 Å². The minimum absolute atomic E-state index is 0.208. The highest BCUT2D eigenvalue weighted by Crippen LogP contribution is 2.28. The number of allylic oxidation sites excluding steroid dienone is 1. The lowest BCUT2D eigenvalue weighted by Crippen LogP contribution is -2.14. The summed E-state index contributed by atoms with van der Waals surface area (Å²) in [5, 5.41) is 4.00. The smallest absolute Gasteiger partial charge is 0.134 e. The number of benzene rings is 2. The molecule has 0 atom stereocenters. The van der Waals surface area contributed by atoms with Gasteiger partial charge in [0.15, 0.2) is 0 Å². The van der Waals surface area contributed by atoms with Gasteiger partial charge in [-0.25, -0.2) is 4.39 Å². The second kappa shape index (κ2) is 9.61. The molecule has 0 fully saturated rings. The van der Waals surface area contributed by atoms with Crippen LogP contribution in [-0.4, -0.2) is 26.0 Å². The third-order valence-electron chi connectivity index (χ3n) is 3.75. The molecule has 0 radical (unpaired) electrons. The average molecular weight is 357 g/mol. The summed E-state index contributed by atoms with van der Waals surface area (Å²) in [6.07, 6.45) is 3.90. The standard InChI is InChI=1S/C21H24FNO3/c1-5-6-11-25-19-12-15(2)21(16(3)13-19)26-14-20(23-24-4)17-7-9-18(22)10-8-17/h5-10,12-13H,11,14H2,1-4H3/b6-5+,23-20+. The van der Waals surface area contributed by atoms with Crippen LogP contribution in [0.5, 0.6) is 11.5 Å². The fourth-order valence-electron chi connectivity index (χ4n) is 2.52. The second-order valence-corrected chi connectivity index (χ2v) is 5.78. The van der Waals surface area contributed by atoms with E-state index in [1.54, 1.807) is 12.1 Å². The highest BCUT2D eigenvalue weighted by atomic mass is 19.1. The molecule has 0 spiro atoms. The molecule has 0 unspecified atom stereocenters. The normalized spacial score (nSPS) is 11.7. The zero-order chi connectivity index (χ0) is 18.9. The van der Waals surface area contributed by atoms with E-state index in [0.29, 0.717) is 12.3 Å². The van der Waals surface area contributed by atoms with Crippen LogP contribution in [0.25, 0.3) is 0 Å². The van der Waals surface area contributed by atoms with Gasteiger partial charge < -0.3 is 14.3 Å². The predicted octanol–water partition coefficient (Wildman–Crippen LogP) is 4.83. The molecule has 0 aliphatic rings. The fourth-order valence-corrected chi connectivity index (χ4v) is 2.52. The summed E-state index contributed by atoms with van der Waals surface area (Å²) in [7, 11) is 1.47. The Hall–Kier alpha value is -2.82. The van der Waals surface area contributed by atoms with Gasteiger partial charge >= 0.3 is 0 Å². The van der Waals surface area contributed by atoms with Gasteiger partial charge in [0, 0.05) is 5.56 Å². The van der Waals surface area contributed by atoms with Gasteiger partial charge in [-0.3, -0.25) is 0 Å². The highest BCUT2D eigenvalue weighted by molar-refractivity contribution is 6.01. The van der Waals surface area contributed by atoms with Gasteiger partial charge in [-0.05, 0) is 68.3 Å². The van der Waals surface area contributed by atoms with Crippen LogP contribution >= 0.6 is 0 Å². The quantitative estimate of drug-likeness (QED) is 0.386. The Labute approximate surface area is 153 Å². The zero-order valence-corrected chi connectivity index (χ0v) is 15.6. The van der Waals surface area contributed by atoms with E-state index in [0.717, 1.165) is 28.2 Å². The van der Waals surface area contributed by atoms with Crippen LogP contribution in [0.15, 0.2) is 53.7 Å². The zero-order valence-electron chi connectivity index (χ0n) is 15.6. The molecular weight excluding hydrogens is 333 g/mol. The number of aryl methyl sites for hydroxylation is 2. The van der Waals surface area contributed by atoms with Gasteiger partial charge in [0.1, 0.15) is 43.4 Å². The number of hydrogen-bond acceptors (Lipinski definition) is 4. The molecule has 0 heterocycles. The largest absolute Gasteiger partial charge is 0.490 e. The molecule has 0 N–H and O–H groups in total. The second-order valence-electron chi connectivity index (χ2n) is 5.78. The van der Waals surface area contributed by atoms with E-state index >= 15 is 0 Å². The van der Waals surface area contributed by atoms with Crippen LogP contribution in [0.3, 0.4) is 0 Å². The molecule has 26 heavy (non-hydrogen) atoms. The van der Waals surface area contributed by atoms with E-state index in [9.17, 15) is 4.39 Å². The SMILES string of the molecule is C/C=C/COc1cc(C)c(OC/C(=N\OC)c2ccc(F)cc2)c(C)c1. The van der Waals surface area contributed by atoms with Crippen LogP contribution < -0.4 is 9.47 Å². The van der Waals surface area contributed by atoms with Gasteiger partial charge in [0.2, 0.25) is 0 Å². The summed E-state index contributed by atoms with van der Waals surface area (Å²) < 4.78 is 24.8. The molecule has 0 bridgehead atoms. The maximum atomic E-state index is 13.1. The van der Waals surface area contributed by atoms with Crippen molar-refractivity contribution in [3.8, 4) is 11.5 Å². The van der Waals surface area contributed by atoms with Crippen LogP contribution in [0.1, 0.15) is 23.6 Å². The van der Waals surface area contributed by atoms with Crippen molar-refractivity contribution in [3.63, 3.8) is 0 Å². The van der Waals surface area contributed by atoms with E-state index in [4.69, 9.17) is 14.3 Å². The molecule has 0 saturated heterocycles. The maximum absolute atomic E-state index is 13.1. The third-order valence-corrected chi connectivity index (χ3v) is 3.75. The lowest BCUT2D eigenvalue weighted by molar-refractivity contribution is 0.210. The van der Waals surface area contributed by atoms with Crippen molar-refractivity contribution in [3.05, 3.63) is 71.1 Å². The number of rotatable bonds is 8. The number of ether oxygens (including phenoxy) is 2. The Morgan fingerprint density at radius 3 is 2.31 bits per heavy atom. The van der Waals surface area contributed by atoms with Gasteiger partial charge in [-0.1, -0.05) is 17.3 Å². The molecule has 0 saturated carbocycles. The Balaban J connectivity index is 2.13. The number of hydrogen-bond donors (Lipinski definition) is 0. The van der Waals surface area contributed by atoms with Crippen molar-refractivity contribution >= 4 is 5.71 Å². The third kappa shape index (κ3) is 5.34. The Morgan fingerprint density at radius 2 is 1.73 bits per heavy atom. The highest BCUT2D eigenvalue weighted by Gasteiger charge is 2.11. The summed E-state index contributed by atoms with van der Waals surface area (Å²) >= 11 is 0. The first-order valence-corrected chi connectivity index (χ1v) is 8.39. The van der Waals surface area contributed by atoms with Gasteiger partial charge in [0.05, 0.1) is 0 Å². The van der Waals surface area contributed by atoms with Crippen molar-refractivity contribution in [2.75, 3.05) is 20.3 Å². The number of oxime groups is 1. The van der Waals surface area contributed by atoms with E-state index in [-0.39, 0.29) is 12.4 Å². The van der Waals surface area contributed by atoms with E-state index < -0.39 is 0 Å². The lowest BCUT2D eigenvalue weighted by Gasteiger charge is -2.15. The van der Waals surface area contributed by atoms with Crippen LogP contribution in [-0.2, 0) is 4.84 Å². The van der Waals surface area contributed by atoms with E-state index in [1.165, 1.54) is 19.2 Å². The summed E-state index contributed by atoms with van der Waals surface area (Å²) in [5.41, 5.74) is 3.27. The molecule has 138 valence electrons. The number of nitrogens with zero attached hydrogens (tertiary/aromatic N) is 1. The first kappa shape index (κ1) is 19.5. The van der Waals surface area contributed by atoms with Gasteiger partial charge in [-0.2, -0.15) is 0 Å². The van der Waals surface area contributed by atoms with Crippen LogP contribution in [0.4, 0.5) is 4.39 Å².